The first-order chi connectivity index (χ1) is 15.0. The monoisotopic (exact) mass is 423 g/mol. The molecule has 0 spiro atoms. The number of rotatable bonds is 7. The van der Waals surface area contributed by atoms with Crippen molar-refractivity contribution in [3.63, 3.8) is 0 Å². The van der Waals surface area contributed by atoms with Crippen LogP contribution in [0.4, 0.5) is 21.8 Å². The van der Waals surface area contributed by atoms with Crippen LogP contribution in [-0.2, 0) is 17.9 Å². The van der Waals surface area contributed by atoms with Crippen LogP contribution in [0.5, 0.6) is 0 Å². The largest absolute Gasteiger partial charge is 0.350 e. The van der Waals surface area contributed by atoms with Crippen LogP contribution in [0.2, 0.25) is 0 Å². The minimum Gasteiger partial charge on any atom is -0.350 e. The number of benzene rings is 1. The van der Waals surface area contributed by atoms with E-state index in [0.717, 1.165) is 23.4 Å². The van der Waals surface area contributed by atoms with Crippen molar-refractivity contribution in [2.24, 2.45) is 0 Å². The summed E-state index contributed by atoms with van der Waals surface area (Å²) in [7, 11) is 1.77. The molecule has 3 heterocycles. The second-order valence-electron chi connectivity index (χ2n) is 7.54. The fourth-order valence-corrected chi connectivity index (χ4v) is 3.83. The lowest BCUT2D eigenvalue weighted by Gasteiger charge is -2.39. The van der Waals surface area contributed by atoms with E-state index in [1.54, 1.807) is 36.5 Å². The highest BCUT2D eigenvalue weighted by Gasteiger charge is 2.36. The van der Waals surface area contributed by atoms with E-state index in [4.69, 9.17) is 4.98 Å². The normalized spacial score (nSPS) is 15.9. The molecule has 0 unspecified atom stereocenters. The maximum Gasteiger partial charge on any atom is 0.249 e. The molecule has 3 aromatic rings. The number of likely N-dealkylation sites (N-methyl/N-ethyl adjacent to an activating group) is 2. The van der Waals surface area contributed by atoms with Gasteiger partial charge in [0.1, 0.15) is 17.5 Å². The lowest BCUT2D eigenvalue weighted by molar-refractivity contribution is -0.120. The van der Waals surface area contributed by atoms with Crippen LogP contribution in [0.25, 0.3) is 0 Å². The second-order valence-corrected chi connectivity index (χ2v) is 7.54. The van der Waals surface area contributed by atoms with Gasteiger partial charge >= 0.3 is 0 Å². The van der Waals surface area contributed by atoms with Gasteiger partial charge in [-0.1, -0.05) is 19.1 Å². The second kappa shape index (κ2) is 8.71. The Bertz CT molecular complexity index is 1070. The Morgan fingerprint density at radius 2 is 1.90 bits per heavy atom. The van der Waals surface area contributed by atoms with E-state index in [1.807, 2.05) is 29.6 Å². The Morgan fingerprint density at radius 3 is 2.61 bits per heavy atom. The topological polar surface area (TPSA) is 79.2 Å². The molecule has 1 aliphatic heterocycles. The molecule has 0 saturated carbocycles. The zero-order chi connectivity index (χ0) is 22.0. The van der Waals surface area contributed by atoms with E-state index in [1.165, 1.54) is 12.1 Å². The molecule has 1 aliphatic rings. The number of nitrogens with zero attached hydrogens (tertiary/aromatic N) is 6. The van der Waals surface area contributed by atoms with Crippen LogP contribution in [0.3, 0.4) is 0 Å². The highest BCUT2D eigenvalue weighted by atomic mass is 19.1. The predicted octanol–water partition coefficient (Wildman–Crippen LogP) is 3.05. The summed E-state index contributed by atoms with van der Waals surface area (Å²) in [4.78, 5) is 25.4. The molecule has 9 heteroatoms. The van der Waals surface area contributed by atoms with Gasteiger partial charge in [-0.15, -0.1) is 0 Å². The van der Waals surface area contributed by atoms with Gasteiger partial charge in [0.05, 0.1) is 18.9 Å². The Morgan fingerprint density at radius 1 is 1.13 bits per heavy atom. The van der Waals surface area contributed by atoms with Crippen molar-refractivity contribution < 1.29 is 9.18 Å². The van der Waals surface area contributed by atoms with Crippen molar-refractivity contribution in [3.05, 3.63) is 59.8 Å². The number of nitrogens with one attached hydrogen (secondary N) is 1. The van der Waals surface area contributed by atoms with Crippen molar-refractivity contribution in [2.45, 2.75) is 39.4 Å². The molecule has 0 bridgehead atoms. The fraction of sp³-hybridized carbons (Fsp3) is 0.364. The molecule has 0 saturated heterocycles. The van der Waals surface area contributed by atoms with Gasteiger partial charge in [-0.3, -0.25) is 9.48 Å². The van der Waals surface area contributed by atoms with Crippen LogP contribution < -0.4 is 15.1 Å². The number of aromatic nitrogens is 4. The summed E-state index contributed by atoms with van der Waals surface area (Å²) in [6, 6.07) is 6.18. The lowest BCUT2D eigenvalue weighted by atomic mass is 10.1. The first-order valence-electron chi connectivity index (χ1n) is 10.4. The Balaban J connectivity index is 1.46. The van der Waals surface area contributed by atoms with Gasteiger partial charge in [0, 0.05) is 31.9 Å². The molecule has 1 atom stereocenters. The van der Waals surface area contributed by atoms with Crippen LogP contribution in [-0.4, -0.2) is 45.3 Å². The molecule has 162 valence electrons. The van der Waals surface area contributed by atoms with Crippen molar-refractivity contribution in [1.29, 1.82) is 0 Å². The van der Waals surface area contributed by atoms with Gasteiger partial charge < -0.3 is 15.1 Å². The van der Waals surface area contributed by atoms with Crippen molar-refractivity contribution in [3.8, 4) is 0 Å². The first-order valence-corrected chi connectivity index (χ1v) is 10.4. The summed E-state index contributed by atoms with van der Waals surface area (Å²) in [5.74, 6) is 1.08. The third kappa shape index (κ3) is 4.21. The van der Waals surface area contributed by atoms with E-state index in [-0.39, 0.29) is 17.8 Å². The highest BCUT2D eigenvalue weighted by molar-refractivity contribution is 6.04. The molecule has 0 aliphatic carbocycles. The Labute approximate surface area is 180 Å². The Kier molecular flexibility index (Phi) is 5.83. The summed E-state index contributed by atoms with van der Waals surface area (Å²) in [5.41, 5.74) is 2.68. The van der Waals surface area contributed by atoms with Gasteiger partial charge in [0.2, 0.25) is 11.9 Å². The van der Waals surface area contributed by atoms with Gasteiger partial charge in [0.25, 0.3) is 0 Å². The number of fused-ring (bicyclic) bond motifs is 1. The number of halogens is 1. The molecule has 2 aromatic heterocycles. The molecule has 1 aromatic carbocycles. The summed E-state index contributed by atoms with van der Waals surface area (Å²) < 4.78 is 14.9. The third-order valence-corrected chi connectivity index (χ3v) is 5.50. The summed E-state index contributed by atoms with van der Waals surface area (Å²) >= 11 is 0. The number of anilines is 3. The van der Waals surface area contributed by atoms with E-state index in [9.17, 15) is 9.18 Å². The standard InChI is InChI=1S/C22H26FN7O/c1-4-18-21(31)28(3)19-12-25-22(27-20(19)30(18)5-2)24-10-16-11-26-29(14-16)13-15-6-8-17(23)9-7-15/h6-9,11-12,14,18H,4-5,10,13H2,1-3H3,(H,24,25,27)/t18-/m0/s1. The summed E-state index contributed by atoms with van der Waals surface area (Å²) in [6.45, 7) is 5.81. The third-order valence-electron chi connectivity index (χ3n) is 5.50. The van der Waals surface area contributed by atoms with Gasteiger partial charge in [0.15, 0.2) is 5.82 Å². The first kappa shape index (κ1) is 20.8. The molecule has 31 heavy (non-hydrogen) atoms. The van der Waals surface area contributed by atoms with Crippen LogP contribution in [0.1, 0.15) is 31.4 Å². The minimum atomic E-state index is -0.249. The zero-order valence-corrected chi connectivity index (χ0v) is 17.9. The van der Waals surface area contributed by atoms with Crippen molar-refractivity contribution >= 4 is 23.4 Å². The average molecular weight is 423 g/mol. The molecular weight excluding hydrogens is 397 g/mol. The van der Waals surface area contributed by atoms with Crippen molar-refractivity contribution in [1.82, 2.24) is 19.7 Å². The Hall–Kier alpha value is -3.49. The maximum atomic E-state index is 13.1. The molecule has 0 fully saturated rings. The summed E-state index contributed by atoms with van der Waals surface area (Å²) in [5, 5.41) is 7.61. The van der Waals surface area contributed by atoms with Crippen LogP contribution in [0.15, 0.2) is 42.9 Å². The minimum absolute atomic E-state index is 0.0646. The number of carbonyl (C=O) groups is 1. The zero-order valence-electron chi connectivity index (χ0n) is 17.9. The average Bonchev–Trinajstić information content (AvgIpc) is 3.23. The number of amides is 1. The summed E-state index contributed by atoms with van der Waals surface area (Å²) in [6.07, 6.45) is 6.13. The molecule has 1 N–H and O–H groups in total. The van der Waals surface area contributed by atoms with E-state index in [0.29, 0.717) is 31.3 Å². The maximum absolute atomic E-state index is 13.1. The van der Waals surface area contributed by atoms with Crippen LogP contribution >= 0.6 is 0 Å². The quantitative estimate of drug-likeness (QED) is 0.629. The van der Waals surface area contributed by atoms with Crippen molar-refractivity contribution in [2.75, 3.05) is 28.7 Å². The number of carbonyl (C=O) groups excluding carboxylic acids is 1. The molecular formula is C22H26FN7O. The predicted molar refractivity (Wildman–Crippen MR) is 118 cm³/mol. The SMILES string of the molecule is CC[C@H]1C(=O)N(C)c2cnc(NCc3cnn(Cc4ccc(F)cc4)c3)nc2N1CC. The fourth-order valence-electron chi connectivity index (χ4n) is 3.83. The lowest BCUT2D eigenvalue weighted by Crippen LogP contribution is -2.52. The molecule has 1 amide bonds. The van der Waals surface area contributed by atoms with E-state index in [2.05, 4.69) is 15.4 Å². The number of hydrogen-bond donors (Lipinski definition) is 1. The van der Waals surface area contributed by atoms with Gasteiger partial charge in [-0.05, 0) is 31.0 Å². The molecule has 4 rings (SSSR count). The van der Waals surface area contributed by atoms with Gasteiger partial charge in [-0.2, -0.15) is 10.1 Å². The van der Waals surface area contributed by atoms with E-state index < -0.39 is 0 Å². The molecule has 8 nitrogen and oxygen atoms in total. The smallest absolute Gasteiger partial charge is 0.249 e. The number of hydrogen-bond acceptors (Lipinski definition) is 6. The van der Waals surface area contributed by atoms with Crippen LogP contribution in [0, 0.1) is 5.82 Å². The van der Waals surface area contributed by atoms with Gasteiger partial charge in [-0.25, -0.2) is 9.37 Å². The highest BCUT2D eigenvalue weighted by Crippen LogP contribution is 2.34. The molecule has 0 radical (unpaired) electrons. The van der Waals surface area contributed by atoms with E-state index >= 15 is 0 Å².